The molecule has 0 unspecified atom stereocenters. The van der Waals surface area contributed by atoms with Gasteiger partial charge in [-0.1, -0.05) is 0 Å². The van der Waals surface area contributed by atoms with Crippen LogP contribution in [-0.4, -0.2) is 39.2 Å². The van der Waals surface area contributed by atoms with Gasteiger partial charge in [-0.15, -0.1) is 0 Å². The predicted molar refractivity (Wildman–Crippen MR) is 100 cm³/mol. The van der Waals surface area contributed by atoms with Crippen molar-refractivity contribution in [1.29, 1.82) is 0 Å². The van der Waals surface area contributed by atoms with Crippen molar-refractivity contribution in [3.63, 3.8) is 0 Å². The Morgan fingerprint density at radius 3 is 1.49 bits per heavy atom. The molecule has 37 heavy (non-hydrogen) atoms. The molecule has 0 aliphatic carbocycles. The summed E-state index contributed by atoms with van der Waals surface area (Å²) >= 11 is 0. The molecule has 0 aliphatic rings. The standard InChI is InChI=1S/C18H13N5O4.2CO2.4K/c1-10-19-17(21-13-5-3-2-4-6-13)23-18(20-10)22-14-8-11(15(24)25)7-12(9-14)16(26)27;2*2-1-3;;;;/h2,5-9H,1H3,(H,24,25)(H,26,27)(H2,19,20,21,22,23);;;;;;/q-2;;;4*+1/p-2. The van der Waals surface area contributed by atoms with Gasteiger partial charge in [0.2, 0.25) is 11.9 Å². The van der Waals surface area contributed by atoms with Crippen LogP contribution in [0.3, 0.4) is 0 Å². The van der Waals surface area contributed by atoms with Crippen molar-refractivity contribution in [2.75, 3.05) is 10.6 Å². The number of nitrogens with zero attached hydrogens (tertiary/aromatic N) is 3. The van der Waals surface area contributed by atoms with E-state index < -0.39 is 11.9 Å². The molecule has 0 saturated carbocycles. The first-order valence-corrected chi connectivity index (χ1v) is 8.44. The Bertz CT molecular complexity index is 1160. The largest absolute Gasteiger partial charge is 1.00 e. The van der Waals surface area contributed by atoms with Gasteiger partial charge in [0, 0.05) is 5.69 Å². The van der Waals surface area contributed by atoms with Gasteiger partial charge in [0.15, 0.2) is 0 Å². The SMILES string of the molecule is Cc1nc(Nc2c[c-]c[c-]c2)nc(Nc2cc(C(=O)[O-])cc(C(=O)[O-])c2)n1.O=C=O.O=C=O.[K+].[K+].[K+].[K+]. The molecular weight excluding hydrogens is 595 g/mol. The maximum atomic E-state index is 11.1. The van der Waals surface area contributed by atoms with Crippen LogP contribution in [0.2, 0.25) is 0 Å². The van der Waals surface area contributed by atoms with E-state index in [1.165, 1.54) is 12.1 Å². The zero-order valence-electron chi connectivity index (χ0n) is 20.6. The Hall–Kier alpha value is 1.30. The van der Waals surface area contributed by atoms with E-state index >= 15 is 0 Å². The number of carbonyl (C=O) groups excluding carboxylic acids is 6. The third kappa shape index (κ3) is 19.1. The minimum Gasteiger partial charge on any atom is -0.545 e. The first-order chi connectivity index (χ1) is 15.7. The van der Waals surface area contributed by atoms with Gasteiger partial charge >= 0.3 is 218 Å². The zero-order chi connectivity index (χ0) is 24.8. The number of carbonyl (C=O) groups is 2. The molecule has 168 valence electrons. The van der Waals surface area contributed by atoms with E-state index in [0.717, 1.165) is 6.07 Å². The van der Waals surface area contributed by atoms with E-state index in [-0.39, 0.29) is 247 Å². The van der Waals surface area contributed by atoms with E-state index in [2.05, 4.69) is 37.7 Å². The molecule has 0 bridgehead atoms. The van der Waals surface area contributed by atoms with Gasteiger partial charge < -0.3 is 48.6 Å². The Kier molecular flexibility index (Phi) is 32.1. The van der Waals surface area contributed by atoms with E-state index in [0.29, 0.717) is 11.5 Å². The minimum absolute atomic E-state index is 0. The van der Waals surface area contributed by atoms with Crippen LogP contribution in [0.1, 0.15) is 26.5 Å². The van der Waals surface area contributed by atoms with Crippen LogP contribution in [0.25, 0.3) is 0 Å². The molecule has 0 saturated heterocycles. The van der Waals surface area contributed by atoms with Gasteiger partial charge in [0.05, 0.1) is 11.9 Å². The van der Waals surface area contributed by atoms with Gasteiger partial charge in [-0.3, -0.25) is 12.1 Å². The molecule has 2 N–H and O–H groups in total. The van der Waals surface area contributed by atoms with Crippen LogP contribution in [0.4, 0.5) is 23.3 Å². The first-order valence-electron chi connectivity index (χ1n) is 8.44. The minimum atomic E-state index is -1.52. The van der Waals surface area contributed by atoms with Crippen LogP contribution < -0.4 is 226 Å². The summed E-state index contributed by atoms with van der Waals surface area (Å²) in [6.45, 7) is 1.64. The number of hydrogen-bond donors (Lipinski definition) is 2. The molecule has 0 atom stereocenters. The number of rotatable bonds is 6. The maximum Gasteiger partial charge on any atom is 1.00 e. The molecule has 1 aromatic heterocycles. The average molecular weight is 606 g/mol. The fraction of sp³-hybridized carbons (Fsp3) is 0.0500. The van der Waals surface area contributed by atoms with E-state index in [1.807, 2.05) is 0 Å². The maximum absolute atomic E-state index is 11.1. The van der Waals surface area contributed by atoms with Gasteiger partial charge in [0.25, 0.3) is 0 Å². The number of aryl methyl sites for hydroxylation is 1. The van der Waals surface area contributed by atoms with Crippen LogP contribution >= 0.6 is 0 Å². The molecule has 0 radical (unpaired) electrons. The quantitative estimate of drug-likeness (QED) is 0.198. The molecule has 3 rings (SSSR count). The first kappa shape index (κ1) is 45.3. The van der Waals surface area contributed by atoms with Gasteiger partial charge in [-0.2, -0.15) is 39.8 Å². The molecule has 0 spiro atoms. The van der Waals surface area contributed by atoms with Gasteiger partial charge in [0.1, 0.15) is 5.82 Å². The molecule has 1 heterocycles. The molecule has 13 nitrogen and oxygen atoms in total. The van der Waals surface area contributed by atoms with Crippen molar-refractivity contribution >= 4 is 47.5 Å². The molecule has 0 amide bonds. The van der Waals surface area contributed by atoms with Crippen molar-refractivity contribution in [2.45, 2.75) is 6.92 Å². The molecule has 17 heteroatoms. The second-order valence-corrected chi connectivity index (χ2v) is 5.54. The summed E-state index contributed by atoms with van der Waals surface area (Å²) in [5.41, 5.74) is 0.165. The van der Waals surface area contributed by atoms with Crippen molar-refractivity contribution in [3.8, 4) is 0 Å². The summed E-state index contributed by atoms with van der Waals surface area (Å²) in [7, 11) is 0. The second-order valence-electron chi connectivity index (χ2n) is 5.54. The van der Waals surface area contributed by atoms with E-state index in [4.69, 9.17) is 19.2 Å². The molecule has 3 aromatic rings. The predicted octanol–water partition coefficient (Wildman–Crippen LogP) is -13.2. The Morgan fingerprint density at radius 2 is 1.11 bits per heavy atom. The fourth-order valence-electron chi connectivity index (χ4n) is 2.21. The molecule has 0 fully saturated rings. The summed E-state index contributed by atoms with van der Waals surface area (Å²) in [5.74, 6) is -2.34. The van der Waals surface area contributed by atoms with Crippen LogP contribution in [0.5, 0.6) is 0 Å². The molecular formula is C20H11K4N5O8. The number of benzene rings is 2. The van der Waals surface area contributed by atoms with Crippen molar-refractivity contribution < 1.29 is 245 Å². The van der Waals surface area contributed by atoms with Crippen molar-refractivity contribution in [3.05, 3.63) is 65.5 Å². The number of hydrogen-bond acceptors (Lipinski definition) is 13. The Morgan fingerprint density at radius 1 is 0.730 bits per heavy atom. The number of aromatic carboxylic acids is 2. The average Bonchev–Trinajstić information content (AvgIpc) is 2.75. The fourth-order valence-corrected chi connectivity index (χ4v) is 2.21. The van der Waals surface area contributed by atoms with E-state index in [9.17, 15) is 19.8 Å². The summed E-state index contributed by atoms with van der Waals surface area (Å²) in [4.78, 5) is 67.1. The summed E-state index contributed by atoms with van der Waals surface area (Å²) in [6.07, 6.45) is 0.500. The van der Waals surface area contributed by atoms with Crippen LogP contribution in [0, 0.1) is 19.1 Å². The van der Waals surface area contributed by atoms with Crippen LogP contribution in [-0.2, 0) is 19.2 Å². The third-order valence-corrected chi connectivity index (χ3v) is 3.31. The molecule has 2 aromatic carbocycles. The summed E-state index contributed by atoms with van der Waals surface area (Å²) in [5, 5.41) is 27.9. The number of carboxylic acids is 2. The Balaban J connectivity index is -0.000000498. The monoisotopic (exact) mass is 605 g/mol. The zero-order valence-corrected chi connectivity index (χ0v) is 33.1. The smallest absolute Gasteiger partial charge is 0.545 e. The second kappa shape index (κ2) is 26.2. The van der Waals surface area contributed by atoms with Gasteiger partial charge in [-0.25, -0.2) is 0 Å². The number of aromatic nitrogens is 3. The number of nitrogens with one attached hydrogen (secondary N) is 2. The Labute approximate surface area is 380 Å². The van der Waals surface area contributed by atoms with Crippen LogP contribution in [0.15, 0.2) is 36.4 Å². The summed E-state index contributed by atoms with van der Waals surface area (Å²) < 4.78 is 0. The topological polar surface area (TPSA) is 211 Å². The normalized spacial score (nSPS) is 7.92. The summed E-state index contributed by atoms with van der Waals surface area (Å²) in [6, 6.07) is 14.0. The van der Waals surface area contributed by atoms with Crippen molar-refractivity contribution in [2.24, 2.45) is 0 Å². The third-order valence-electron chi connectivity index (χ3n) is 3.31. The number of carboxylic acid groups (broad SMARTS) is 2. The van der Waals surface area contributed by atoms with E-state index in [1.54, 1.807) is 25.1 Å². The van der Waals surface area contributed by atoms with Gasteiger partial charge in [-0.05, 0) is 36.2 Å². The molecule has 0 aliphatic heterocycles. The number of anilines is 4. The van der Waals surface area contributed by atoms with Crippen molar-refractivity contribution in [1.82, 2.24) is 15.0 Å².